The monoisotopic (exact) mass is 398 g/mol. The minimum absolute atomic E-state index is 0.0246. The van der Waals surface area contributed by atoms with Gasteiger partial charge < -0.3 is 14.6 Å². The van der Waals surface area contributed by atoms with E-state index in [1.165, 1.54) is 5.56 Å². The maximum Gasteiger partial charge on any atom is 0.127 e. The minimum atomic E-state index is -0.148. The summed E-state index contributed by atoms with van der Waals surface area (Å²) in [4.78, 5) is 0. The molecule has 2 rings (SSSR count). The van der Waals surface area contributed by atoms with Crippen LogP contribution < -0.4 is 9.47 Å². The van der Waals surface area contributed by atoms with Crippen LogP contribution in [0.4, 0.5) is 0 Å². The van der Waals surface area contributed by atoms with Crippen LogP contribution in [-0.4, -0.2) is 19.3 Å². The SMILES string of the molecule is CCCC(C)(C)c1cc(OC)cc(-c2cc(OC)cc(C(C)(C)CCC)c2O)c1. The van der Waals surface area contributed by atoms with Crippen LogP contribution >= 0.6 is 0 Å². The van der Waals surface area contributed by atoms with Crippen LogP contribution in [0.25, 0.3) is 11.1 Å². The highest BCUT2D eigenvalue weighted by molar-refractivity contribution is 5.76. The van der Waals surface area contributed by atoms with Gasteiger partial charge in [-0.1, -0.05) is 60.5 Å². The Hall–Kier alpha value is -2.16. The predicted octanol–water partition coefficient (Wildman–Crippen LogP) is 7.23. The first-order valence-electron chi connectivity index (χ1n) is 10.7. The summed E-state index contributed by atoms with van der Waals surface area (Å²) in [5.41, 5.74) is 3.75. The molecule has 3 nitrogen and oxygen atoms in total. The standard InChI is InChI=1S/C26H38O3/c1-9-11-25(3,4)19-13-18(14-20(15-19)28-7)22-16-21(29-8)17-23(24(22)27)26(5,6)12-10-2/h13-17,27H,9-12H2,1-8H3. The van der Waals surface area contributed by atoms with Crippen molar-refractivity contribution in [1.29, 1.82) is 0 Å². The molecule has 0 saturated heterocycles. The molecule has 0 fully saturated rings. The zero-order chi connectivity index (χ0) is 21.8. The van der Waals surface area contributed by atoms with Gasteiger partial charge in [-0.25, -0.2) is 0 Å². The van der Waals surface area contributed by atoms with Crippen molar-refractivity contribution in [1.82, 2.24) is 0 Å². The van der Waals surface area contributed by atoms with Gasteiger partial charge in [0.05, 0.1) is 14.2 Å². The maximum absolute atomic E-state index is 11.3. The van der Waals surface area contributed by atoms with Gasteiger partial charge in [-0.3, -0.25) is 0 Å². The summed E-state index contributed by atoms with van der Waals surface area (Å²) >= 11 is 0. The summed E-state index contributed by atoms with van der Waals surface area (Å²) in [5.74, 6) is 1.89. The molecule has 2 aromatic rings. The highest BCUT2D eigenvalue weighted by Gasteiger charge is 2.27. The first-order valence-corrected chi connectivity index (χ1v) is 10.7. The third kappa shape index (κ3) is 5.07. The lowest BCUT2D eigenvalue weighted by atomic mass is 9.77. The molecule has 0 bridgehead atoms. The Morgan fingerprint density at radius 2 is 1.31 bits per heavy atom. The average Bonchev–Trinajstić information content (AvgIpc) is 2.67. The Morgan fingerprint density at radius 1 is 0.759 bits per heavy atom. The molecule has 0 radical (unpaired) electrons. The maximum atomic E-state index is 11.3. The van der Waals surface area contributed by atoms with E-state index in [1.807, 2.05) is 18.2 Å². The van der Waals surface area contributed by atoms with Crippen molar-refractivity contribution in [3.8, 4) is 28.4 Å². The zero-order valence-corrected chi connectivity index (χ0v) is 19.5. The second-order valence-corrected chi connectivity index (χ2v) is 9.29. The molecule has 160 valence electrons. The first-order chi connectivity index (χ1) is 13.6. The Morgan fingerprint density at radius 3 is 1.86 bits per heavy atom. The second kappa shape index (κ2) is 9.11. The molecule has 2 aromatic carbocycles. The normalized spacial score (nSPS) is 12.1. The number of methoxy groups -OCH3 is 2. The van der Waals surface area contributed by atoms with Crippen LogP contribution in [0.3, 0.4) is 0 Å². The van der Waals surface area contributed by atoms with Crippen molar-refractivity contribution in [3.63, 3.8) is 0 Å². The highest BCUT2D eigenvalue weighted by Crippen LogP contribution is 2.45. The number of benzene rings is 2. The van der Waals surface area contributed by atoms with Gasteiger partial charge in [0.15, 0.2) is 0 Å². The molecule has 0 amide bonds. The van der Waals surface area contributed by atoms with Crippen molar-refractivity contribution in [2.75, 3.05) is 14.2 Å². The number of phenols is 1. The molecule has 29 heavy (non-hydrogen) atoms. The van der Waals surface area contributed by atoms with E-state index in [0.717, 1.165) is 53.9 Å². The summed E-state index contributed by atoms with van der Waals surface area (Å²) in [7, 11) is 3.37. The van der Waals surface area contributed by atoms with Crippen molar-refractivity contribution in [2.24, 2.45) is 0 Å². The quantitative estimate of drug-likeness (QED) is 0.484. The van der Waals surface area contributed by atoms with E-state index in [9.17, 15) is 5.11 Å². The highest BCUT2D eigenvalue weighted by atomic mass is 16.5. The van der Waals surface area contributed by atoms with Crippen LogP contribution in [0, 0.1) is 0 Å². The fourth-order valence-electron chi connectivity index (χ4n) is 4.25. The van der Waals surface area contributed by atoms with Crippen molar-refractivity contribution < 1.29 is 14.6 Å². The second-order valence-electron chi connectivity index (χ2n) is 9.29. The van der Waals surface area contributed by atoms with Gasteiger partial charge in [-0.05, 0) is 59.1 Å². The van der Waals surface area contributed by atoms with E-state index in [2.05, 4.69) is 53.7 Å². The number of aromatic hydroxyl groups is 1. The fourth-order valence-corrected chi connectivity index (χ4v) is 4.25. The van der Waals surface area contributed by atoms with E-state index in [4.69, 9.17) is 9.47 Å². The molecule has 0 aliphatic rings. The Bertz CT molecular complexity index is 834. The van der Waals surface area contributed by atoms with Crippen LogP contribution in [0.15, 0.2) is 30.3 Å². The van der Waals surface area contributed by atoms with Crippen molar-refractivity contribution >= 4 is 0 Å². The third-order valence-corrected chi connectivity index (χ3v) is 6.03. The van der Waals surface area contributed by atoms with Gasteiger partial charge in [0.1, 0.15) is 17.2 Å². The molecule has 3 heteroatoms. The van der Waals surface area contributed by atoms with Crippen LogP contribution in [0.2, 0.25) is 0 Å². The lowest BCUT2D eigenvalue weighted by molar-refractivity contribution is 0.396. The van der Waals surface area contributed by atoms with E-state index in [1.54, 1.807) is 14.2 Å². The summed E-state index contributed by atoms with van der Waals surface area (Å²) in [5, 5.41) is 11.3. The third-order valence-electron chi connectivity index (χ3n) is 6.03. The van der Waals surface area contributed by atoms with E-state index in [-0.39, 0.29) is 10.8 Å². The molecule has 0 aliphatic heterocycles. The van der Waals surface area contributed by atoms with Gasteiger partial charge in [-0.2, -0.15) is 0 Å². The lowest BCUT2D eigenvalue weighted by Gasteiger charge is -2.28. The number of hydrogen-bond donors (Lipinski definition) is 1. The van der Waals surface area contributed by atoms with Gasteiger partial charge in [0.25, 0.3) is 0 Å². The smallest absolute Gasteiger partial charge is 0.127 e. The van der Waals surface area contributed by atoms with E-state index in [0.29, 0.717) is 5.75 Å². The fraction of sp³-hybridized carbons (Fsp3) is 0.538. The Balaban J connectivity index is 2.73. The summed E-state index contributed by atoms with van der Waals surface area (Å²) in [6.45, 7) is 13.3. The summed E-state index contributed by atoms with van der Waals surface area (Å²) < 4.78 is 11.2. The molecular formula is C26H38O3. The van der Waals surface area contributed by atoms with E-state index >= 15 is 0 Å². The predicted molar refractivity (Wildman–Crippen MR) is 123 cm³/mol. The number of ether oxygens (including phenoxy) is 2. The molecule has 0 heterocycles. The van der Waals surface area contributed by atoms with Crippen LogP contribution in [0.5, 0.6) is 17.2 Å². The minimum Gasteiger partial charge on any atom is -0.507 e. The number of hydrogen-bond acceptors (Lipinski definition) is 3. The van der Waals surface area contributed by atoms with Crippen LogP contribution in [-0.2, 0) is 10.8 Å². The number of rotatable bonds is 9. The van der Waals surface area contributed by atoms with Gasteiger partial charge in [0.2, 0.25) is 0 Å². The molecule has 0 aliphatic carbocycles. The summed E-state index contributed by atoms with van der Waals surface area (Å²) in [6.07, 6.45) is 4.23. The van der Waals surface area contributed by atoms with Gasteiger partial charge >= 0.3 is 0 Å². The van der Waals surface area contributed by atoms with Crippen molar-refractivity contribution in [2.45, 2.75) is 78.1 Å². The molecular weight excluding hydrogens is 360 g/mol. The Kier molecular flexibility index (Phi) is 7.26. The molecule has 1 N–H and O–H groups in total. The zero-order valence-electron chi connectivity index (χ0n) is 19.5. The molecule has 0 atom stereocenters. The van der Waals surface area contributed by atoms with Gasteiger partial charge in [0, 0.05) is 11.1 Å². The lowest BCUT2D eigenvalue weighted by Crippen LogP contribution is -2.18. The van der Waals surface area contributed by atoms with Gasteiger partial charge in [-0.15, -0.1) is 0 Å². The van der Waals surface area contributed by atoms with Crippen molar-refractivity contribution in [3.05, 3.63) is 41.5 Å². The molecule has 0 unspecified atom stereocenters. The number of phenolic OH excluding ortho intramolecular Hbond substituents is 1. The molecule has 0 spiro atoms. The topological polar surface area (TPSA) is 38.7 Å². The summed E-state index contributed by atoms with van der Waals surface area (Å²) in [6, 6.07) is 10.2. The largest absolute Gasteiger partial charge is 0.507 e. The first kappa shape index (κ1) is 23.1. The Labute approximate surface area is 177 Å². The van der Waals surface area contributed by atoms with Crippen LogP contribution in [0.1, 0.15) is 78.4 Å². The average molecular weight is 399 g/mol. The van der Waals surface area contributed by atoms with E-state index < -0.39 is 0 Å². The molecule has 0 saturated carbocycles. The molecule has 0 aromatic heterocycles.